The van der Waals surface area contributed by atoms with Gasteiger partial charge in [-0.3, -0.25) is 4.90 Å². The Kier molecular flexibility index (Phi) is 10.4. The van der Waals surface area contributed by atoms with Crippen LogP contribution in [0.1, 0.15) is 31.4 Å². The van der Waals surface area contributed by atoms with E-state index < -0.39 is 34.1 Å². The van der Waals surface area contributed by atoms with Gasteiger partial charge in [-0.2, -0.15) is 4.31 Å². The highest BCUT2D eigenvalue weighted by molar-refractivity contribution is 7.89. The number of halogens is 1. The molecule has 0 saturated heterocycles. The van der Waals surface area contributed by atoms with E-state index in [0.29, 0.717) is 6.42 Å². The molecule has 7 nitrogen and oxygen atoms in total. The summed E-state index contributed by atoms with van der Waals surface area (Å²) in [4.78, 5) is 13.5. The molecule has 204 valence electrons. The second-order valence-corrected chi connectivity index (χ2v) is 11.7. The summed E-state index contributed by atoms with van der Waals surface area (Å²) >= 11 is 0. The molecule has 0 radical (unpaired) electrons. The van der Waals surface area contributed by atoms with Gasteiger partial charge in [0.1, 0.15) is 5.82 Å². The first kappa shape index (κ1) is 29.3. The fraction of sp³-hybridized carbons (Fsp3) is 0.345. The van der Waals surface area contributed by atoms with Crippen LogP contribution in [0.4, 0.5) is 9.18 Å². The first-order chi connectivity index (χ1) is 18.1. The highest BCUT2D eigenvalue weighted by Crippen LogP contribution is 2.22. The number of carboxylic acid groups (broad SMARTS) is 1. The van der Waals surface area contributed by atoms with E-state index in [-0.39, 0.29) is 36.9 Å². The quantitative estimate of drug-likeness (QED) is 0.316. The van der Waals surface area contributed by atoms with Crippen molar-refractivity contribution in [2.45, 2.75) is 50.3 Å². The molecule has 0 fully saturated rings. The van der Waals surface area contributed by atoms with Crippen molar-refractivity contribution in [2.75, 3.05) is 13.1 Å². The van der Waals surface area contributed by atoms with Crippen molar-refractivity contribution in [3.8, 4) is 0 Å². The lowest BCUT2D eigenvalue weighted by atomic mass is 9.99. The number of rotatable bonds is 13. The van der Waals surface area contributed by atoms with E-state index in [1.54, 1.807) is 24.3 Å². The molecule has 2 N–H and O–H groups in total. The summed E-state index contributed by atoms with van der Waals surface area (Å²) in [5.41, 5.74) is 1.56. The molecule has 0 aliphatic heterocycles. The van der Waals surface area contributed by atoms with E-state index in [4.69, 9.17) is 0 Å². The molecular weight excluding hydrogens is 507 g/mol. The molecule has 3 aromatic carbocycles. The molecule has 0 saturated carbocycles. The number of benzene rings is 3. The van der Waals surface area contributed by atoms with Crippen molar-refractivity contribution in [2.24, 2.45) is 5.92 Å². The summed E-state index contributed by atoms with van der Waals surface area (Å²) in [6.45, 7) is 3.76. The van der Waals surface area contributed by atoms with Gasteiger partial charge in [0.2, 0.25) is 10.0 Å². The Bertz CT molecular complexity index is 1260. The van der Waals surface area contributed by atoms with Crippen LogP contribution in [0.3, 0.4) is 0 Å². The highest BCUT2D eigenvalue weighted by atomic mass is 32.2. The normalized spacial score (nSPS) is 13.4. The van der Waals surface area contributed by atoms with Crippen LogP contribution in [-0.2, 0) is 23.0 Å². The second kappa shape index (κ2) is 13.5. The summed E-state index contributed by atoms with van der Waals surface area (Å²) in [6.07, 6.45) is -1.83. The van der Waals surface area contributed by atoms with E-state index in [0.717, 1.165) is 28.2 Å². The van der Waals surface area contributed by atoms with Crippen LogP contribution < -0.4 is 0 Å². The van der Waals surface area contributed by atoms with Gasteiger partial charge in [-0.05, 0) is 54.2 Å². The van der Waals surface area contributed by atoms with Gasteiger partial charge in [-0.1, -0.05) is 74.5 Å². The number of sulfonamides is 1. The number of hydrogen-bond acceptors (Lipinski definition) is 4. The molecule has 0 bridgehead atoms. The molecule has 0 aliphatic carbocycles. The van der Waals surface area contributed by atoms with Gasteiger partial charge in [0.05, 0.1) is 17.0 Å². The van der Waals surface area contributed by atoms with Crippen molar-refractivity contribution in [3.63, 3.8) is 0 Å². The molecule has 3 aromatic rings. The van der Waals surface area contributed by atoms with Crippen LogP contribution in [0.15, 0.2) is 89.8 Å². The Morgan fingerprint density at radius 1 is 0.895 bits per heavy atom. The van der Waals surface area contributed by atoms with Gasteiger partial charge < -0.3 is 10.2 Å². The van der Waals surface area contributed by atoms with E-state index in [2.05, 4.69) is 0 Å². The number of aliphatic hydroxyl groups is 1. The zero-order valence-electron chi connectivity index (χ0n) is 21.7. The summed E-state index contributed by atoms with van der Waals surface area (Å²) in [6, 6.07) is 21.8. The Hall–Kier alpha value is -3.27. The first-order valence-corrected chi connectivity index (χ1v) is 14.0. The van der Waals surface area contributed by atoms with E-state index >= 15 is 0 Å². The molecule has 0 heterocycles. The number of nitrogens with zero attached hydrogens (tertiary/aromatic N) is 2. The standard InChI is InChI=1S/C29H35FN2O5S/c1-22(2)17-18-31(38(36,37)26-15-13-25(30)14-16-26)21-28(33)27(19-23-9-5-3-6-10-23)32(29(34)35)20-24-11-7-4-8-12-24/h3-16,22,27-28,33H,17-21H2,1-2H3,(H,34,35)/t27-,28+/m0/s1. The minimum Gasteiger partial charge on any atom is -0.465 e. The second-order valence-electron chi connectivity index (χ2n) is 9.72. The number of aliphatic hydroxyl groups excluding tert-OH is 1. The molecule has 0 spiro atoms. The Morgan fingerprint density at radius 3 is 1.97 bits per heavy atom. The molecule has 3 rings (SSSR count). The predicted octanol–water partition coefficient (Wildman–Crippen LogP) is 5.01. The van der Waals surface area contributed by atoms with Crippen LogP contribution in [0.5, 0.6) is 0 Å². The molecule has 38 heavy (non-hydrogen) atoms. The van der Waals surface area contributed by atoms with E-state index in [9.17, 15) is 27.8 Å². The van der Waals surface area contributed by atoms with Crippen LogP contribution in [0.2, 0.25) is 0 Å². The fourth-order valence-corrected chi connectivity index (χ4v) is 5.69. The van der Waals surface area contributed by atoms with Gasteiger partial charge in [0.15, 0.2) is 0 Å². The van der Waals surface area contributed by atoms with Crippen LogP contribution in [-0.4, -0.2) is 59.2 Å². The van der Waals surface area contributed by atoms with Crippen molar-refractivity contribution >= 4 is 16.1 Å². The maximum Gasteiger partial charge on any atom is 0.407 e. The number of amides is 1. The largest absolute Gasteiger partial charge is 0.465 e. The van der Waals surface area contributed by atoms with Crippen molar-refractivity contribution in [1.29, 1.82) is 0 Å². The van der Waals surface area contributed by atoms with Gasteiger partial charge in [-0.25, -0.2) is 17.6 Å². The third kappa shape index (κ3) is 8.11. The van der Waals surface area contributed by atoms with Crippen molar-refractivity contribution < 1.29 is 27.8 Å². The SMILES string of the molecule is CC(C)CCN(C[C@@H](O)[C@H](Cc1ccccc1)N(Cc1ccccc1)C(=O)O)S(=O)(=O)c1ccc(F)cc1. The smallest absolute Gasteiger partial charge is 0.407 e. The minimum absolute atomic E-state index is 0.0292. The molecule has 1 amide bonds. The fourth-order valence-electron chi connectivity index (χ4n) is 4.21. The van der Waals surface area contributed by atoms with Crippen LogP contribution in [0.25, 0.3) is 0 Å². The molecule has 9 heteroatoms. The maximum atomic E-state index is 13.5. The van der Waals surface area contributed by atoms with E-state index in [1.165, 1.54) is 16.4 Å². The average molecular weight is 543 g/mol. The molecule has 0 unspecified atom stereocenters. The number of hydrogen-bond donors (Lipinski definition) is 2. The van der Waals surface area contributed by atoms with Crippen molar-refractivity contribution in [1.82, 2.24) is 9.21 Å². The lowest BCUT2D eigenvalue weighted by molar-refractivity contribution is 0.0343. The lowest BCUT2D eigenvalue weighted by Gasteiger charge is -2.35. The zero-order chi connectivity index (χ0) is 27.7. The van der Waals surface area contributed by atoms with Gasteiger partial charge in [-0.15, -0.1) is 0 Å². The topological polar surface area (TPSA) is 98.2 Å². The molecular formula is C29H35FN2O5S. The van der Waals surface area contributed by atoms with Gasteiger partial charge >= 0.3 is 6.09 Å². The summed E-state index contributed by atoms with van der Waals surface area (Å²) in [5, 5.41) is 21.6. The molecule has 2 atom stereocenters. The van der Waals surface area contributed by atoms with Gasteiger partial charge in [0, 0.05) is 19.6 Å². The van der Waals surface area contributed by atoms with E-state index in [1.807, 2.05) is 50.2 Å². The monoisotopic (exact) mass is 542 g/mol. The Morgan fingerprint density at radius 2 is 1.45 bits per heavy atom. The van der Waals surface area contributed by atoms with Crippen LogP contribution in [0, 0.1) is 11.7 Å². The lowest BCUT2D eigenvalue weighted by Crippen LogP contribution is -2.52. The van der Waals surface area contributed by atoms with Gasteiger partial charge in [0.25, 0.3) is 0 Å². The predicted molar refractivity (Wildman–Crippen MR) is 145 cm³/mol. The Balaban J connectivity index is 1.96. The molecule has 0 aromatic heterocycles. The third-order valence-electron chi connectivity index (χ3n) is 6.37. The maximum absolute atomic E-state index is 13.5. The molecule has 0 aliphatic rings. The van der Waals surface area contributed by atoms with Crippen molar-refractivity contribution in [3.05, 3.63) is 102 Å². The Labute approximate surface area is 224 Å². The first-order valence-electron chi connectivity index (χ1n) is 12.6. The highest BCUT2D eigenvalue weighted by Gasteiger charge is 2.34. The summed E-state index contributed by atoms with van der Waals surface area (Å²) < 4.78 is 41.7. The van der Waals surface area contributed by atoms with Crippen LogP contribution >= 0.6 is 0 Å². The summed E-state index contributed by atoms with van der Waals surface area (Å²) in [5.74, 6) is -0.370. The minimum atomic E-state index is -4.08. The zero-order valence-corrected chi connectivity index (χ0v) is 22.5. The number of carbonyl (C=O) groups is 1. The third-order valence-corrected chi connectivity index (χ3v) is 8.25. The average Bonchev–Trinajstić information content (AvgIpc) is 2.89. The summed E-state index contributed by atoms with van der Waals surface area (Å²) in [7, 11) is -4.08.